The molecule has 0 spiro atoms. The van der Waals surface area contributed by atoms with Crippen LogP contribution >= 0.6 is 24.8 Å². The van der Waals surface area contributed by atoms with Gasteiger partial charge in [-0.3, -0.25) is 4.79 Å². The molecule has 0 bridgehead atoms. The standard InChI is InChI=1S/C20H23N5O.2ClH/c21-16-6-7-17(11-16)24-20(26)15-10-18-19(22-12-15)25(13-23-18)9-8-14-4-2-1-3-5-14;;/h1-5,10,12-13,16-17H,6-9,11,21H2,(H,24,26);2*1H/t16-,17+;;/m0../s1. The van der Waals surface area contributed by atoms with Crippen LogP contribution in [-0.2, 0) is 13.0 Å². The Morgan fingerprint density at radius 1 is 1.18 bits per heavy atom. The molecule has 8 heteroatoms. The van der Waals surface area contributed by atoms with Gasteiger partial charge in [-0.2, -0.15) is 0 Å². The fraction of sp³-hybridized carbons (Fsp3) is 0.350. The molecule has 0 aliphatic heterocycles. The zero-order valence-electron chi connectivity index (χ0n) is 15.5. The average Bonchev–Trinajstić information content (AvgIpc) is 3.26. The van der Waals surface area contributed by atoms with E-state index in [1.807, 2.05) is 28.8 Å². The van der Waals surface area contributed by atoms with E-state index in [0.717, 1.165) is 43.4 Å². The largest absolute Gasteiger partial charge is 0.349 e. The number of aryl methyl sites for hydroxylation is 2. The first-order chi connectivity index (χ1) is 12.7. The highest BCUT2D eigenvalue weighted by atomic mass is 35.5. The average molecular weight is 422 g/mol. The second kappa shape index (κ2) is 9.87. The highest BCUT2D eigenvalue weighted by Crippen LogP contribution is 2.18. The minimum atomic E-state index is -0.0997. The summed E-state index contributed by atoms with van der Waals surface area (Å²) < 4.78 is 2.03. The first kappa shape index (κ1) is 22.1. The lowest BCUT2D eigenvalue weighted by Gasteiger charge is -2.12. The van der Waals surface area contributed by atoms with Gasteiger partial charge in [0.2, 0.25) is 0 Å². The van der Waals surface area contributed by atoms with Crippen molar-refractivity contribution in [1.82, 2.24) is 19.9 Å². The summed E-state index contributed by atoms with van der Waals surface area (Å²) in [7, 11) is 0. The predicted molar refractivity (Wildman–Crippen MR) is 115 cm³/mol. The molecule has 2 atom stereocenters. The number of nitrogens with two attached hydrogens (primary N) is 1. The summed E-state index contributed by atoms with van der Waals surface area (Å²) in [5.74, 6) is -0.0997. The topological polar surface area (TPSA) is 85.8 Å². The maximum absolute atomic E-state index is 12.4. The molecule has 2 heterocycles. The summed E-state index contributed by atoms with van der Waals surface area (Å²) in [6.45, 7) is 0.805. The number of hydrogen-bond acceptors (Lipinski definition) is 4. The third-order valence-electron chi connectivity index (χ3n) is 5.01. The van der Waals surface area contributed by atoms with Gasteiger partial charge in [-0.25, -0.2) is 9.97 Å². The number of aromatic nitrogens is 3. The number of halogens is 2. The maximum Gasteiger partial charge on any atom is 0.253 e. The van der Waals surface area contributed by atoms with Crippen molar-refractivity contribution in [1.29, 1.82) is 0 Å². The SMILES string of the molecule is Cl.Cl.N[C@H]1CC[C@@H](NC(=O)c2cnc3c(c2)ncn3CCc2ccccc2)C1. The van der Waals surface area contributed by atoms with Gasteiger partial charge in [0.1, 0.15) is 5.52 Å². The summed E-state index contributed by atoms with van der Waals surface area (Å²) in [6, 6.07) is 12.5. The van der Waals surface area contributed by atoms with E-state index >= 15 is 0 Å². The summed E-state index contributed by atoms with van der Waals surface area (Å²) in [5, 5.41) is 3.05. The van der Waals surface area contributed by atoms with Gasteiger partial charge in [0.25, 0.3) is 5.91 Å². The lowest BCUT2D eigenvalue weighted by Crippen LogP contribution is -2.34. The number of nitrogens with one attached hydrogen (secondary N) is 1. The lowest BCUT2D eigenvalue weighted by molar-refractivity contribution is 0.0937. The monoisotopic (exact) mass is 421 g/mol. The van der Waals surface area contributed by atoms with Crippen molar-refractivity contribution in [3.8, 4) is 0 Å². The molecule has 1 saturated carbocycles. The van der Waals surface area contributed by atoms with Crippen molar-refractivity contribution in [3.05, 3.63) is 60.0 Å². The second-order valence-electron chi connectivity index (χ2n) is 6.98. The molecule has 3 aromatic rings. The van der Waals surface area contributed by atoms with Crippen LogP contribution in [0.2, 0.25) is 0 Å². The van der Waals surface area contributed by atoms with Crippen LogP contribution in [0.4, 0.5) is 0 Å². The summed E-state index contributed by atoms with van der Waals surface area (Å²) in [4.78, 5) is 21.3. The van der Waals surface area contributed by atoms with E-state index < -0.39 is 0 Å². The Balaban J connectivity index is 0.00000140. The number of amides is 1. The Labute approximate surface area is 176 Å². The minimum absolute atomic E-state index is 0. The second-order valence-corrected chi connectivity index (χ2v) is 6.98. The third-order valence-corrected chi connectivity index (χ3v) is 5.01. The number of rotatable bonds is 5. The van der Waals surface area contributed by atoms with Gasteiger partial charge in [-0.15, -0.1) is 24.8 Å². The van der Waals surface area contributed by atoms with E-state index in [4.69, 9.17) is 5.73 Å². The fourth-order valence-electron chi connectivity index (χ4n) is 3.55. The fourth-order valence-corrected chi connectivity index (χ4v) is 3.55. The molecule has 1 fully saturated rings. The molecular formula is C20H25Cl2N5O. The van der Waals surface area contributed by atoms with Crippen LogP contribution in [0.1, 0.15) is 35.2 Å². The van der Waals surface area contributed by atoms with Crippen LogP contribution in [0.15, 0.2) is 48.9 Å². The van der Waals surface area contributed by atoms with Crippen LogP contribution in [0.3, 0.4) is 0 Å². The zero-order valence-corrected chi connectivity index (χ0v) is 17.1. The molecule has 150 valence electrons. The first-order valence-electron chi connectivity index (χ1n) is 9.10. The molecule has 6 nitrogen and oxygen atoms in total. The lowest BCUT2D eigenvalue weighted by atomic mass is 10.1. The Morgan fingerprint density at radius 2 is 1.96 bits per heavy atom. The summed E-state index contributed by atoms with van der Waals surface area (Å²) >= 11 is 0. The number of carbonyl (C=O) groups is 1. The molecule has 0 radical (unpaired) electrons. The molecule has 4 rings (SSSR count). The number of carbonyl (C=O) groups excluding carboxylic acids is 1. The summed E-state index contributed by atoms with van der Waals surface area (Å²) in [5.41, 5.74) is 9.29. The van der Waals surface area contributed by atoms with Crippen LogP contribution in [0.5, 0.6) is 0 Å². The molecule has 3 N–H and O–H groups in total. The maximum atomic E-state index is 12.4. The highest BCUT2D eigenvalue weighted by molar-refractivity contribution is 5.96. The minimum Gasteiger partial charge on any atom is -0.349 e. The van der Waals surface area contributed by atoms with Crippen molar-refractivity contribution in [3.63, 3.8) is 0 Å². The van der Waals surface area contributed by atoms with Crippen LogP contribution < -0.4 is 11.1 Å². The Hall–Kier alpha value is -2.15. The van der Waals surface area contributed by atoms with E-state index in [1.54, 1.807) is 12.5 Å². The Morgan fingerprint density at radius 3 is 2.68 bits per heavy atom. The predicted octanol–water partition coefficient (Wildman–Crippen LogP) is 3.13. The van der Waals surface area contributed by atoms with Crippen molar-refractivity contribution in [2.75, 3.05) is 0 Å². The van der Waals surface area contributed by atoms with Gasteiger partial charge in [0, 0.05) is 24.8 Å². The summed E-state index contributed by atoms with van der Waals surface area (Å²) in [6.07, 6.45) is 7.09. The van der Waals surface area contributed by atoms with Gasteiger partial charge in [-0.05, 0) is 37.3 Å². The quantitative estimate of drug-likeness (QED) is 0.662. The molecule has 2 aromatic heterocycles. The Bertz CT molecular complexity index is 915. The van der Waals surface area contributed by atoms with Gasteiger partial charge in [0.05, 0.1) is 11.9 Å². The zero-order chi connectivity index (χ0) is 17.9. The smallest absolute Gasteiger partial charge is 0.253 e. The van der Waals surface area contributed by atoms with Crippen LogP contribution in [0, 0.1) is 0 Å². The number of benzene rings is 1. The first-order valence-corrected chi connectivity index (χ1v) is 9.10. The van der Waals surface area contributed by atoms with Crippen molar-refractivity contribution in [2.45, 2.75) is 44.3 Å². The highest BCUT2D eigenvalue weighted by Gasteiger charge is 2.23. The normalized spacial score (nSPS) is 18.3. The molecular weight excluding hydrogens is 397 g/mol. The molecule has 0 unspecified atom stereocenters. The van der Waals surface area contributed by atoms with Crippen molar-refractivity contribution < 1.29 is 4.79 Å². The van der Waals surface area contributed by atoms with Crippen molar-refractivity contribution >= 4 is 41.9 Å². The number of pyridine rings is 1. The van der Waals surface area contributed by atoms with Crippen LogP contribution in [-0.4, -0.2) is 32.5 Å². The van der Waals surface area contributed by atoms with E-state index in [9.17, 15) is 4.79 Å². The third kappa shape index (κ3) is 5.01. The van der Waals surface area contributed by atoms with Gasteiger partial charge in [-0.1, -0.05) is 30.3 Å². The number of fused-ring (bicyclic) bond motifs is 1. The van der Waals surface area contributed by atoms with E-state index in [-0.39, 0.29) is 42.8 Å². The van der Waals surface area contributed by atoms with E-state index in [2.05, 4.69) is 27.4 Å². The van der Waals surface area contributed by atoms with Crippen LogP contribution in [0.25, 0.3) is 11.2 Å². The van der Waals surface area contributed by atoms with E-state index in [0.29, 0.717) is 5.56 Å². The number of imidazole rings is 1. The molecule has 1 aliphatic rings. The number of hydrogen-bond donors (Lipinski definition) is 2. The van der Waals surface area contributed by atoms with E-state index in [1.165, 1.54) is 5.56 Å². The molecule has 1 aromatic carbocycles. The van der Waals surface area contributed by atoms with Crippen molar-refractivity contribution in [2.24, 2.45) is 5.73 Å². The van der Waals surface area contributed by atoms with Gasteiger partial charge < -0.3 is 15.6 Å². The molecule has 28 heavy (non-hydrogen) atoms. The molecule has 0 saturated heterocycles. The molecule has 1 aliphatic carbocycles. The Kier molecular flexibility index (Phi) is 7.80. The van der Waals surface area contributed by atoms with Gasteiger partial charge >= 0.3 is 0 Å². The van der Waals surface area contributed by atoms with Gasteiger partial charge in [0.15, 0.2) is 5.65 Å². The number of nitrogens with zero attached hydrogens (tertiary/aromatic N) is 3. The molecule has 1 amide bonds.